The number of alkyl halides is 3. The second kappa shape index (κ2) is 8.19. The van der Waals surface area contributed by atoms with Crippen molar-refractivity contribution in [2.45, 2.75) is 25.1 Å². The van der Waals surface area contributed by atoms with Gasteiger partial charge in [-0.25, -0.2) is 9.97 Å². The van der Waals surface area contributed by atoms with Gasteiger partial charge in [0.1, 0.15) is 23.2 Å². The van der Waals surface area contributed by atoms with Gasteiger partial charge in [0.15, 0.2) is 0 Å². The van der Waals surface area contributed by atoms with Crippen LogP contribution in [0.2, 0.25) is 0 Å². The highest BCUT2D eigenvalue weighted by Crippen LogP contribution is 2.32. The molecule has 1 aliphatic rings. The molecule has 1 aliphatic heterocycles. The van der Waals surface area contributed by atoms with Gasteiger partial charge < -0.3 is 10.1 Å². The van der Waals surface area contributed by atoms with Gasteiger partial charge >= 0.3 is 6.18 Å². The van der Waals surface area contributed by atoms with Gasteiger partial charge in [-0.2, -0.15) is 18.3 Å². The number of nitrogens with zero attached hydrogens (tertiary/aromatic N) is 4. The van der Waals surface area contributed by atoms with Gasteiger partial charge in [-0.3, -0.25) is 10.1 Å². The van der Waals surface area contributed by atoms with E-state index in [1.54, 1.807) is 36.7 Å². The number of pyridine rings is 1. The number of benzene rings is 1. The molecule has 3 aromatic heterocycles. The molecule has 0 spiro atoms. The predicted octanol–water partition coefficient (Wildman–Crippen LogP) is 4.23. The molecule has 4 heterocycles. The molecule has 32 heavy (non-hydrogen) atoms. The number of ether oxygens (including phenoxy) is 1. The fourth-order valence-corrected chi connectivity index (χ4v) is 3.73. The molecule has 0 bridgehead atoms. The average Bonchev–Trinajstić information content (AvgIpc) is 3.23. The number of fused-ring (bicyclic) bond motifs is 1. The van der Waals surface area contributed by atoms with Crippen LogP contribution < -0.4 is 10.1 Å². The van der Waals surface area contributed by atoms with Gasteiger partial charge in [-0.05, 0) is 43.7 Å². The Morgan fingerprint density at radius 1 is 1.03 bits per heavy atom. The van der Waals surface area contributed by atoms with Crippen LogP contribution in [0.25, 0.3) is 33.5 Å². The Bertz CT molecular complexity index is 1250. The van der Waals surface area contributed by atoms with Crippen molar-refractivity contribution >= 4 is 10.9 Å². The molecule has 0 aliphatic carbocycles. The molecule has 5 rings (SSSR count). The van der Waals surface area contributed by atoms with Gasteiger partial charge in [0, 0.05) is 17.5 Å². The van der Waals surface area contributed by atoms with E-state index in [2.05, 4.69) is 30.5 Å². The molecule has 0 amide bonds. The number of rotatable bonds is 4. The van der Waals surface area contributed by atoms with E-state index in [-0.39, 0.29) is 11.8 Å². The first-order valence-electron chi connectivity index (χ1n) is 10.2. The second-order valence-corrected chi connectivity index (χ2v) is 7.57. The van der Waals surface area contributed by atoms with Gasteiger partial charge in [0.05, 0.1) is 23.6 Å². The number of hydrogen-bond donors (Lipinski definition) is 2. The van der Waals surface area contributed by atoms with Crippen LogP contribution in [0.15, 0.2) is 48.8 Å². The molecule has 164 valence electrons. The molecule has 7 nitrogen and oxygen atoms in total. The van der Waals surface area contributed by atoms with Crippen molar-refractivity contribution in [2.75, 3.05) is 13.1 Å². The summed E-state index contributed by atoms with van der Waals surface area (Å²) in [6, 6.07) is 9.05. The first-order chi connectivity index (χ1) is 15.5. The van der Waals surface area contributed by atoms with E-state index in [0.29, 0.717) is 28.2 Å². The summed E-state index contributed by atoms with van der Waals surface area (Å²) in [6.07, 6.45) is 0.640. The highest BCUT2D eigenvalue weighted by Gasteiger charge is 2.32. The molecule has 1 aromatic carbocycles. The van der Waals surface area contributed by atoms with Crippen molar-refractivity contribution in [3.8, 4) is 28.5 Å². The molecule has 2 N–H and O–H groups in total. The molecule has 0 radical (unpaired) electrons. The molecule has 0 saturated carbocycles. The van der Waals surface area contributed by atoms with Crippen LogP contribution in [-0.2, 0) is 6.18 Å². The summed E-state index contributed by atoms with van der Waals surface area (Å²) < 4.78 is 45.2. The third kappa shape index (κ3) is 4.13. The SMILES string of the molecule is FC(F)(F)c1cccc(-c2ccc3[nH]nc(-c4cncc(OC5CCCNC5)n4)c3c2)n1. The molecule has 1 unspecified atom stereocenters. The summed E-state index contributed by atoms with van der Waals surface area (Å²) in [5.74, 6) is 0.406. The third-order valence-corrected chi connectivity index (χ3v) is 5.29. The summed E-state index contributed by atoms with van der Waals surface area (Å²) in [7, 11) is 0. The van der Waals surface area contributed by atoms with Gasteiger partial charge in [0.25, 0.3) is 0 Å². The molecule has 10 heteroatoms. The molecule has 1 atom stereocenters. The van der Waals surface area contributed by atoms with E-state index in [1.165, 1.54) is 6.07 Å². The quantitative estimate of drug-likeness (QED) is 0.494. The minimum Gasteiger partial charge on any atom is -0.472 e. The second-order valence-electron chi connectivity index (χ2n) is 7.57. The van der Waals surface area contributed by atoms with Crippen molar-refractivity contribution in [3.05, 3.63) is 54.5 Å². The number of aromatic nitrogens is 5. The Kier molecular flexibility index (Phi) is 5.22. The molecule has 1 saturated heterocycles. The number of piperidine rings is 1. The lowest BCUT2D eigenvalue weighted by Gasteiger charge is -2.23. The van der Waals surface area contributed by atoms with Crippen molar-refractivity contribution in [1.29, 1.82) is 0 Å². The van der Waals surface area contributed by atoms with Gasteiger partial charge in [-0.1, -0.05) is 12.1 Å². The van der Waals surface area contributed by atoms with E-state index in [9.17, 15) is 13.2 Å². The molecular formula is C22H19F3N6O. The summed E-state index contributed by atoms with van der Waals surface area (Å²) >= 11 is 0. The van der Waals surface area contributed by atoms with Crippen LogP contribution in [0.5, 0.6) is 5.88 Å². The van der Waals surface area contributed by atoms with Gasteiger partial charge in [0.2, 0.25) is 5.88 Å². The third-order valence-electron chi connectivity index (χ3n) is 5.29. The minimum atomic E-state index is -4.51. The predicted molar refractivity (Wildman–Crippen MR) is 112 cm³/mol. The van der Waals surface area contributed by atoms with Crippen LogP contribution in [0.1, 0.15) is 18.5 Å². The zero-order valence-corrected chi connectivity index (χ0v) is 16.9. The van der Waals surface area contributed by atoms with Gasteiger partial charge in [-0.15, -0.1) is 0 Å². The van der Waals surface area contributed by atoms with Crippen molar-refractivity contribution in [1.82, 2.24) is 30.5 Å². The maximum Gasteiger partial charge on any atom is 0.433 e. The highest BCUT2D eigenvalue weighted by atomic mass is 19.4. The summed E-state index contributed by atoms with van der Waals surface area (Å²) in [5, 5.41) is 11.3. The number of nitrogens with one attached hydrogen (secondary N) is 2. The summed E-state index contributed by atoms with van der Waals surface area (Å²) in [5.41, 5.74) is 1.60. The first-order valence-corrected chi connectivity index (χ1v) is 10.2. The largest absolute Gasteiger partial charge is 0.472 e. The number of H-pyrrole nitrogens is 1. The Morgan fingerprint density at radius 3 is 2.75 bits per heavy atom. The van der Waals surface area contributed by atoms with E-state index < -0.39 is 11.9 Å². The molecule has 1 fully saturated rings. The number of halogens is 3. The van der Waals surface area contributed by atoms with E-state index in [0.717, 1.165) is 37.5 Å². The monoisotopic (exact) mass is 440 g/mol. The Balaban J connectivity index is 1.49. The Hall–Kier alpha value is -3.53. The zero-order valence-electron chi connectivity index (χ0n) is 16.9. The minimum absolute atomic E-state index is 0.0304. The van der Waals surface area contributed by atoms with E-state index in [4.69, 9.17) is 4.74 Å². The lowest BCUT2D eigenvalue weighted by Crippen LogP contribution is -2.37. The zero-order chi connectivity index (χ0) is 22.1. The maximum absolute atomic E-state index is 13.1. The van der Waals surface area contributed by atoms with E-state index in [1.807, 2.05) is 0 Å². The molecular weight excluding hydrogens is 421 g/mol. The lowest BCUT2D eigenvalue weighted by molar-refractivity contribution is -0.141. The lowest BCUT2D eigenvalue weighted by atomic mass is 10.1. The Morgan fingerprint density at radius 2 is 1.94 bits per heavy atom. The summed E-state index contributed by atoms with van der Waals surface area (Å²) in [6.45, 7) is 1.73. The van der Waals surface area contributed by atoms with Crippen LogP contribution in [0.4, 0.5) is 13.2 Å². The van der Waals surface area contributed by atoms with Crippen LogP contribution in [0.3, 0.4) is 0 Å². The topological polar surface area (TPSA) is 88.6 Å². The summed E-state index contributed by atoms with van der Waals surface area (Å²) in [4.78, 5) is 12.6. The van der Waals surface area contributed by atoms with Crippen LogP contribution >= 0.6 is 0 Å². The average molecular weight is 440 g/mol. The smallest absolute Gasteiger partial charge is 0.433 e. The van der Waals surface area contributed by atoms with Crippen molar-refractivity contribution < 1.29 is 17.9 Å². The van der Waals surface area contributed by atoms with Crippen LogP contribution in [-0.4, -0.2) is 44.3 Å². The van der Waals surface area contributed by atoms with Crippen molar-refractivity contribution in [3.63, 3.8) is 0 Å². The normalized spacial score (nSPS) is 16.9. The van der Waals surface area contributed by atoms with E-state index >= 15 is 0 Å². The Labute approximate surface area is 181 Å². The fraction of sp³-hybridized carbons (Fsp3) is 0.273. The highest BCUT2D eigenvalue weighted by molar-refractivity contribution is 5.94. The number of aromatic amines is 1. The molecule has 4 aromatic rings. The van der Waals surface area contributed by atoms with Crippen LogP contribution in [0, 0.1) is 0 Å². The van der Waals surface area contributed by atoms with Crippen molar-refractivity contribution in [2.24, 2.45) is 0 Å². The number of hydrogen-bond acceptors (Lipinski definition) is 6. The first kappa shape index (κ1) is 20.4. The maximum atomic E-state index is 13.1. The fourth-order valence-electron chi connectivity index (χ4n) is 3.73. The standard InChI is InChI=1S/C22H19F3N6O/c23-22(24,25)19-5-1-4-16(28-19)13-6-7-17-15(9-13)21(31-30-17)18-11-27-12-20(29-18)32-14-3-2-8-26-10-14/h1,4-7,9,11-12,14,26H,2-3,8,10H2,(H,30,31).